The van der Waals surface area contributed by atoms with Gasteiger partial charge >= 0.3 is 0 Å². The van der Waals surface area contributed by atoms with Crippen LogP contribution in [0.4, 0.5) is 45.2 Å². The molecule has 1 aliphatic heterocycles. The summed E-state index contributed by atoms with van der Waals surface area (Å²) in [7, 11) is -5.27. The third-order valence-corrected chi connectivity index (χ3v) is 6.65. The lowest BCUT2D eigenvalue weighted by molar-refractivity contribution is 0.0903. The average Bonchev–Trinajstić information content (AvgIpc) is 2.84. The van der Waals surface area contributed by atoms with Crippen LogP contribution in [0.5, 0.6) is 0 Å². The highest BCUT2D eigenvalue weighted by Gasteiger charge is 2.34. The molecule has 1 fully saturated rings. The lowest BCUT2D eigenvalue weighted by atomic mass is 10.1. The molecule has 2 aromatic heterocycles. The molecule has 0 atom stereocenters. The zero-order valence-electron chi connectivity index (χ0n) is 18.0. The van der Waals surface area contributed by atoms with Crippen LogP contribution in [0.2, 0.25) is 5.02 Å². The molecule has 4 rings (SSSR count). The second-order valence-electron chi connectivity index (χ2n) is 7.48. The van der Waals surface area contributed by atoms with E-state index in [2.05, 4.69) is 25.6 Å². The summed E-state index contributed by atoms with van der Waals surface area (Å²) < 4.78 is 100. The van der Waals surface area contributed by atoms with Crippen molar-refractivity contribution in [3.63, 3.8) is 0 Å². The summed E-state index contributed by atoms with van der Waals surface area (Å²) in [5.74, 6) is -12.4. The summed E-state index contributed by atoms with van der Waals surface area (Å²) in [6.45, 7) is 1.19. The molecule has 1 saturated heterocycles. The number of anilines is 4. The zero-order valence-corrected chi connectivity index (χ0v) is 19.5. The molecule has 36 heavy (non-hydrogen) atoms. The Labute approximate surface area is 206 Å². The average molecular weight is 551 g/mol. The predicted octanol–water partition coefficient (Wildman–Crippen LogP) is 4.36. The van der Waals surface area contributed by atoms with E-state index in [0.717, 1.165) is 25.1 Å². The van der Waals surface area contributed by atoms with Gasteiger partial charge in [-0.05, 0) is 18.9 Å². The van der Waals surface area contributed by atoms with E-state index >= 15 is 0 Å². The van der Waals surface area contributed by atoms with Gasteiger partial charge in [-0.15, -0.1) is 0 Å². The molecule has 3 heterocycles. The van der Waals surface area contributed by atoms with Gasteiger partial charge in [-0.3, -0.25) is 4.72 Å². The van der Waals surface area contributed by atoms with E-state index in [1.54, 1.807) is 4.72 Å². The first-order valence-electron chi connectivity index (χ1n) is 10.2. The molecule has 0 aliphatic carbocycles. The van der Waals surface area contributed by atoms with Crippen molar-refractivity contribution in [1.82, 2.24) is 15.0 Å². The molecular formula is C20H16ClF5N6O3S. The Hall–Kier alpha value is -3.30. The first-order chi connectivity index (χ1) is 17.1. The lowest BCUT2D eigenvalue weighted by Gasteiger charge is -2.23. The maximum Gasteiger partial charge on any atom is 0.269 e. The van der Waals surface area contributed by atoms with E-state index in [0.29, 0.717) is 13.2 Å². The third-order valence-electron chi connectivity index (χ3n) is 5.00. The van der Waals surface area contributed by atoms with Crippen molar-refractivity contribution in [3.05, 3.63) is 58.6 Å². The van der Waals surface area contributed by atoms with Crippen LogP contribution in [0.3, 0.4) is 0 Å². The van der Waals surface area contributed by atoms with Gasteiger partial charge in [-0.1, -0.05) is 11.6 Å². The van der Waals surface area contributed by atoms with Crippen LogP contribution < -0.4 is 15.4 Å². The Balaban J connectivity index is 1.56. The number of sulfonamides is 1. The molecule has 3 N–H and O–H groups in total. The van der Waals surface area contributed by atoms with Gasteiger partial charge in [0.1, 0.15) is 10.8 Å². The first-order valence-corrected chi connectivity index (χ1v) is 12.1. The maximum absolute atomic E-state index is 14.0. The van der Waals surface area contributed by atoms with Crippen molar-refractivity contribution in [2.75, 3.05) is 28.6 Å². The standard InChI is InChI=1S/C20H16ClF5N6O3S/c21-11-8-28-20(30-9-2-5-35-6-3-9)31-19(11)29-10-1-4-27-12(7-10)32-36(33,34)18-16(25)14(23)13(22)15(24)17(18)26/h1,4,7-9H,2-3,5-6H2,(H3,27,28,29,30,31,32). The number of nitrogens with zero attached hydrogens (tertiary/aromatic N) is 3. The molecule has 9 nitrogen and oxygen atoms in total. The fourth-order valence-electron chi connectivity index (χ4n) is 3.26. The largest absolute Gasteiger partial charge is 0.381 e. The molecule has 0 unspecified atom stereocenters. The molecule has 3 aromatic rings. The molecule has 0 spiro atoms. The van der Waals surface area contributed by atoms with Crippen molar-refractivity contribution < 1.29 is 35.1 Å². The van der Waals surface area contributed by atoms with Crippen molar-refractivity contribution >= 4 is 44.9 Å². The minimum absolute atomic E-state index is 0.0941. The lowest BCUT2D eigenvalue weighted by Crippen LogP contribution is -2.28. The van der Waals surface area contributed by atoms with Gasteiger partial charge in [-0.2, -0.15) is 4.98 Å². The number of benzene rings is 1. The van der Waals surface area contributed by atoms with Gasteiger partial charge in [0.2, 0.25) is 11.8 Å². The van der Waals surface area contributed by atoms with Crippen molar-refractivity contribution in [2.45, 2.75) is 23.8 Å². The minimum atomic E-state index is -5.27. The maximum atomic E-state index is 14.0. The van der Waals surface area contributed by atoms with E-state index in [9.17, 15) is 30.4 Å². The highest BCUT2D eigenvalue weighted by molar-refractivity contribution is 7.92. The number of pyridine rings is 1. The van der Waals surface area contributed by atoms with Crippen molar-refractivity contribution in [2.24, 2.45) is 0 Å². The van der Waals surface area contributed by atoms with Crippen LogP contribution >= 0.6 is 11.6 Å². The topological polar surface area (TPSA) is 118 Å². The Morgan fingerprint density at radius 2 is 1.61 bits per heavy atom. The van der Waals surface area contributed by atoms with E-state index in [-0.39, 0.29) is 28.5 Å². The Bertz CT molecular complexity index is 1380. The van der Waals surface area contributed by atoms with Crippen LogP contribution in [0.1, 0.15) is 12.8 Å². The van der Waals surface area contributed by atoms with Crippen LogP contribution in [-0.4, -0.2) is 42.6 Å². The van der Waals surface area contributed by atoms with E-state index in [4.69, 9.17) is 16.3 Å². The Morgan fingerprint density at radius 1 is 0.972 bits per heavy atom. The Kier molecular flexibility index (Phi) is 7.42. The molecular weight excluding hydrogens is 535 g/mol. The van der Waals surface area contributed by atoms with Gasteiger partial charge in [0.05, 0.1) is 6.20 Å². The van der Waals surface area contributed by atoms with E-state index < -0.39 is 49.8 Å². The second kappa shape index (κ2) is 10.4. The van der Waals surface area contributed by atoms with Gasteiger partial charge in [-0.25, -0.2) is 40.3 Å². The van der Waals surface area contributed by atoms with E-state index in [1.807, 2.05) is 0 Å². The monoisotopic (exact) mass is 550 g/mol. The minimum Gasteiger partial charge on any atom is -0.381 e. The number of rotatable bonds is 7. The third kappa shape index (κ3) is 5.42. The summed E-state index contributed by atoms with van der Waals surface area (Å²) in [6, 6.07) is 2.57. The highest BCUT2D eigenvalue weighted by atomic mass is 35.5. The number of aromatic nitrogens is 3. The first kappa shape index (κ1) is 25.8. The van der Waals surface area contributed by atoms with Crippen molar-refractivity contribution in [1.29, 1.82) is 0 Å². The number of halogens is 6. The Morgan fingerprint density at radius 3 is 2.28 bits per heavy atom. The van der Waals surface area contributed by atoms with Gasteiger partial charge < -0.3 is 15.4 Å². The number of hydrogen-bond donors (Lipinski definition) is 3. The SMILES string of the molecule is O=S(=O)(Nc1cc(Nc2nc(NC3CCOCC3)ncc2Cl)ccn1)c1c(F)c(F)c(F)c(F)c1F. The molecule has 0 bridgehead atoms. The fraction of sp³-hybridized carbons (Fsp3) is 0.250. The normalized spacial score (nSPS) is 14.5. The zero-order chi connectivity index (χ0) is 26.0. The summed E-state index contributed by atoms with van der Waals surface area (Å²) in [4.78, 5) is 10.1. The molecule has 1 aliphatic rings. The van der Waals surface area contributed by atoms with Crippen molar-refractivity contribution in [3.8, 4) is 0 Å². The quantitative estimate of drug-likeness (QED) is 0.226. The fourth-order valence-corrected chi connectivity index (χ4v) is 4.54. The number of nitrogens with one attached hydrogen (secondary N) is 3. The van der Waals surface area contributed by atoms with Crippen LogP contribution in [0.25, 0.3) is 0 Å². The predicted molar refractivity (Wildman–Crippen MR) is 119 cm³/mol. The summed E-state index contributed by atoms with van der Waals surface area (Å²) in [5, 5.41) is 6.10. The van der Waals surface area contributed by atoms with Gasteiger partial charge in [0, 0.05) is 37.2 Å². The molecule has 0 amide bonds. The summed E-state index contributed by atoms with van der Waals surface area (Å²) in [5.41, 5.74) is 0.178. The van der Waals surface area contributed by atoms with E-state index in [1.165, 1.54) is 12.3 Å². The summed E-state index contributed by atoms with van der Waals surface area (Å²) in [6.07, 6.45) is 3.97. The van der Waals surface area contributed by atoms with Crippen LogP contribution in [-0.2, 0) is 14.8 Å². The molecule has 1 aromatic carbocycles. The van der Waals surface area contributed by atoms with Crippen LogP contribution in [0.15, 0.2) is 29.4 Å². The second-order valence-corrected chi connectivity index (χ2v) is 9.51. The molecule has 16 heteroatoms. The van der Waals surface area contributed by atoms with Gasteiger partial charge in [0.15, 0.2) is 34.0 Å². The smallest absolute Gasteiger partial charge is 0.269 e. The molecule has 0 saturated carbocycles. The summed E-state index contributed by atoms with van der Waals surface area (Å²) >= 11 is 6.14. The molecule has 192 valence electrons. The highest BCUT2D eigenvalue weighted by Crippen LogP contribution is 2.29. The number of ether oxygens (including phenoxy) is 1. The van der Waals surface area contributed by atoms with Crippen LogP contribution in [0, 0.1) is 29.1 Å². The molecule has 0 radical (unpaired) electrons. The van der Waals surface area contributed by atoms with Gasteiger partial charge in [0.25, 0.3) is 10.0 Å². The number of hydrogen-bond acceptors (Lipinski definition) is 8.